The number of carbonyl (C=O) groups excluding carboxylic acids is 1. The van der Waals surface area contributed by atoms with E-state index in [1.165, 1.54) is 0 Å². The van der Waals surface area contributed by atoms with Gasteiger partial charge in [0.15, 0.2) is 9.84 Å². The van der Waals surface area contributed by atoms with Crippen molar-refractivity contribution in [2.75, 3.05) is 17.3 Å². The van der Waals surface area contributed by atoms with Crippen LogP contribution in [-0.4, -0.2) is 37.6 Å². The fraction of sp³-hybridized carbons (Fsp3) is 0.875. The van der Waals surface area contributed by atoms with Gasteiger partial charge in [-0.05, 0) is 18.6 Å². The molecule has 1 rings (SSSR count). The van der Waals surface area contributed by atoms with Gasteiger partial charge in [0, 0.05) is 12.5 Å². The zero-order valence-electron chi connectivity index (χ0n) is 7.90. The van der Waals surface area contributed by atoms with E-state index in [0.29, 0.717) is 18.6 Å². The van der Waals surface area contributed by atoms with Gasteiger partial charge in [-0.2, -0.15) is 12.6 Å². The molecule has 1 fully saturated rings. The molecule has 1 N–H and O–H groups in total. The van der Waals surface area contributed by atoms with Crippen LogP contribution in [0.4, 0.5) is 0 Å². The summed E-state index contributed by atoms with van der Waals surface area (Å²) < 4.78 is 22.5. The van der Waals surface area contributed by atoms with Crippen LogP contribution in [-0.2, 0) is 14.6 Å². The van der Waals surface area contributed by atoms with Crippen molar-refractivity contribution in [3.8, 4) is 0 Å². The second-order valence-electron chi connectivity index (χ2n) is 3.49. The summed E-state index contributed by atoms with van der Waals surface area (Å²) in [6.07, 6.45) is 1.76. The molecule has 1 saturated heterocycles. The van der Waals surface area contributed by atoms with Crippen molar-refractivity contribution in [2.45, 2.75) is 25.3 Å². The maximum absolute atomic E-state index is 11.2. The first-order valence-electron chi connectivity index (χ1n) is 4.64. The highest BCUT2D eigenvalue weighted by atomic mass is 32.2. The van der Waals surface area contributed by atoms with E-state index in [4.69, 9.17) is 0 Å². The van der Waals surface area contributed by atoms with Crippen molar-refractivity contribution >= 4 is 28.4 Å². The summed E-state index contributed by atoms with van der Waals surface area (Å²) in [5.41, 5.74) is 0. The van der Waals surface area contributed by atoms with Crippen LogP contribution in [0.25, 0.3) is 0 Å². The van der Waals surface area contributed by atoms with E-state index >= 15 is 0 Å². The largest absolute Gasteiger partial charge is 0.352 e. The predicted molar refractivity (Wildman–Crippen MR) is 58.3 cm³/mol. The average Bonchev–Trinajstić information content (AvgIpc) is 2.02. The predicted octanol–water partition coefficient (Wildman–Crippen LogP) is -0.000300. The van der Waals surface area contributed by atoms with E-state index in [2.05, 4.69) is 17.9 Å². The Morgan fingerprint density at radius 3 is 2.79 bits per heavy atom. The molecule has 0 aromatic rings. The minimum absolute atomic E-state index is 0.0886. The summed E-state index contributed by atoms with van der Waals surface area (Å²) in [5, 5.41) is 2.71. The summed E-state index contributed by atoms with van der Waals surface area (Å²) in [6, 6.07) is -0.193. The monoisotopic (exact) mass is 237 g/mol. The van der Waals surface area contributed by atoms with Crippen molar-refractivity contribution in [2.24, 2.45) is 0 Å². The Labute approximate surface area is 89.8 Å². The van der Waals surface area contributed by atoms with Crippen molar-refractivity contribution < 1.29 is 13.2 Å². The Bertz CT molecular complexity index is 300. The number of thiol groups is 1. The van der Waals surface area contributed by atoms with E-state index in [9.17, 15) is 13.2 Å². The molecule has 0 aromatic heterocycles. The number of nitrogens with one attached hydrogen (secondary N) is 1. The highest BCUT2D eigenvalue weighted by molar-refractivity contribution is 7.91. The molecular formula is C8H15NO3S2. The standard InChI is InChI=1S/C8H15NO3S2/c10-8(3-4-13)9-7-2-1-5-14(11,12)6-7/h7,13H,1-6H2,(H,9,10). The molecule has 1 amide bonds. The first kappa shape index (κ1) is 11.8. The molecule has 0 aromatic carbocycles. The van der Waals surface area contributed by atoms with Gasteiger partial charge >= 0.3 is 0 Å². The molecule has 0 spiro atoms. The summed E-state index contributed by atoms with van der Waals surface area (Å²) >= 11 is 3.93. The van der Waals surface area contributed by atoms with Gasteiger partial charge in [-0.25, -0.2) is 8.42 Å². The lowest BCUT2D eigenvalue weighted by molar-refractivity contribution is -0.121. The third kappa shape index (κ3) is 3.88. The Morgan fingerprint density at radius 1 is 1.50 bits per heavy atom. The highest BCUT2D eigenvalue weighted by Gasteiger charge is 2.25. The van der Waals surface area contributed by atoms with E-state index in [1.807, 2.05) is 0 Å². The highest BCUT2D eigenvalue weighted by Crippen LogP contribution is 2.11. The van der Waals surface area contributed by atoms with Crippen LogP contribution in [0, 0.1) is 0 Å². The quantitative estimate of drug-likeness (QED) is 0.679. The normalized spacial score (nSPS) is 25.6. The molecule has 1 atom stereocenters. The second kappa shape index (κ2) is 5.02. The fourth-order valence-electron chi connectivity index (χ4n) is 1.54. The molecule has 0 aliphatic carbocycles. The van der Waals surface area contributed by atoms with Gasteiger partial charge < -0.3 is 5.32 Å². The summed E-state index contributed by atoms with van der Waals surface area (Å²) in [5.74, 6) is 0.727. The molecule has 0 radical (unpaired) electrons. The lowest BCUT2D eigenvalue weighted by atomic mass is 10.2. The van der Waals surface area contributed by atoms with Crippen molar-refractivity contribution in [1.29, 1.82) is 0 Å². The molecule has 4 nitrogen and oxygen atoms in total. The number of amides is 1. The van der Waals surface area contributed by atoms with Gasteiger partial charge in [-0.1, -0.05) is 0 Å². The van der Waals surface area contributed by atoms with Crippen molar-refractivity contribution in [3.05, 3.63) is 0 Å². The Balaban J connectivity index is 2.42. The van der Waals surface area contributed by atoms with Crippen LogP contribution >= 0.6 is 12.6 Å². The number of carbonyl (C=O) groups is 1. The summed E-state index contributed by atoms with van der Waals surface area (Å²) in [4.78, 5) is 11.2. The van der Waals surface area contributed by atoms with E-state index in [1.54, 1.807) is 0 Å². The van der Waals surface area contributed by atoms with Gasteiger partial charge in [-0.3, -0.25) is 4.79 Å². The Morgan fingerprint density at radius 2 is 2.21 bits per heavy atom. The van der Waals surface area contributed by atoms with Crippen LogP contribution in [0.3, 0.4) is 0 Å². The average molecular weight is 237 g/mol. The molecule has 6 heteroatoms. The molecule has 1 heterocycles. The van der Waals surface area contributed by atoms with Gasteiger partial charge in [0.1, 0.15) is 0 Å². The van der Waals surface area contributed by atoms with Crippen LogP contribution in [0.5, 0.6) is 0 Å². The molecule has 0 saturated carbocycles. The maximum atomic E-state index is 11.2. The van der Waals surface area contributed by atoms with E-state index in [-0.39, 0.29) is 23.5 Å². The third-order valence-electron chi connectivity index (χ3n) is 2.17. The van der Waals surface area contributed by atoms with Crippen molar-refractivity contribution in [3.63, 3.8) is 0 Å². The Hall–Kier alpha value is -0.230. The van der Waals surface area contributed by atoms with E-state index in [0.717, 1.165) is 6.42 Å². The minimum atomic E-state index is -2.93. The molecule has 1 aliphatic heterocycles. The van der Waals surface area contributed by atoms with Gasteiger partial charge in [0.2, 0.25) is 5.91 Å². The van der Waals surface area contributed by atoms with Gasteiger partial charge in [0.05, 0.1) is 11.5 Å². The summed E-state index contributed by atoms with van der Waals surface area (Å²) in [7, 11) is -2.93. The van der Waals surface area contributed by atoms with E-state index < -0.39 is 9.84 Å². The molecule has 1 unspecified atom stereocenters. The van der Waals surface area contributed by atoms with Gasteiger partial charge in [0.25, 0.3) is 0 Å². The van der Waals surface area contributed by atoms with Crippen LogP contribution in [0.2, 0.25) is 0 Å². The molecule has 14 heavy (non-hydrogen) atoms. The first-order chi connectivity index (χ1) is 6.53. The number of hydrogen-bond acceptors (Lipinski definition) is 4. The maximum Gasteiger partial charge on any atom is 0.221 e. The molecular weight excluding hydrogens is 222 g/mol. The number of sulfone groups is 1. The Kier molecular flexibility index (Phi) is 4.25. The molecule has 0 bridgehead atoms. The topological polar surface area (TPSA) is 63.2 Å². The molecule has 1 aliphatic rings. The zero-order chi connectivity index (χ0) is 10.6. The summed E-state index contributed by atoms with van der Waals surface area (Å²) in [6.45, 7) is 0. The van der Waals surface area contributed by atoms with Crippen LogP contribution in [0.15, 0.2) is 0 Å². The van der Waals surface area contributed by atoms with Crippen LogP contribution in [0.1, 0.15) is 19.3 Å². The fourth-order valence-corrected chi connectivity index (χ4v) is 3.38. The van der Waals surface area contributed by atoms with Gasteiger partial charge in [-0.15, -0.1) is 0 Å². The number of hydrogen-bond donors (Lipinski definition) is 2. The molecule has 82 valence electrons. The third-order valence-corrected chi connectivity index (χ3v) is 4.21. The smallest absolute Gasteiger partial charge is 0.221 e. The van der Waals surface area contributed by atoms with Crippen LogP contribution < -0.4 is 5.32 Å². The number of rotatable bonds is 3. The lowest BCUT2D eigenvalue weighted by Gasteiger charge is -2.22. The lowest BCUT2D eigenvalue weighted by Crippen LogP contribution is -2.43. The minimum Gasteiger partial charge on any atom is -0.352 e. The zero-order valence-corrected chi connectivity index (χ0v) is 9.61. The SMILES string of the molecule is O=C(CCS)NC1CCCS(=O)(=O)C1. The first-order valence-corrected chi connectivity index (χ1v) is 7.09. The second-order valence-corrected chi connectivity index (χ2v) is 6.17. The van der Waals surface area contributed by atoms with Crippen molar-refractivity contribution in [1.82, 2.24) is 5.32 Å².